The first-order valence-electron chi connectivity index (χ1n) is 8.26. The van der Waals surface area contributed by atoms with Crippen molar-refractivity contribution in [3.8, 4) is 10.6 Å². The van der Waals surface area contributed by atoms with Gasteiger partial charge in [-0.3, -0.25) is 4.79 Å². The molecule has 0 bridgehead atoms. The van der Waals surface area contributed by atoms with E-state index in [1.165, 1.54) is 23.5 Å². The third-order valence-electron chi connectivity index (χ3n) is 4.36. The molecule has 1 aliphatic rings. The Labute approximate surface area is 155 Å². The van der Waals surface area contributed by atoms with E-state index in [1.54, 1.807) is 24.0 Å². The number of thiazole rings is 1. The molecule has 26 heavy (non-hydrogen) atoms. The van der Waals surface area contributed by atoms with Gasteiger partial charge in [-0.05, 0) is 49.9 Å². The number of aryl methyl sites for hydroxylation is 1. The maximum atomic E-state index is 13.1. The van der Waals surface area contributed by atoms with E-state index >= 15 is 0 Å². The van der Waals surface area contributed by atoms with Gasteiger partial charge in [0, 0.05) is 18.7 Å². The van der Waals surface area contributed by atoms with Gasteiger partial charge in [0.25, 0.3) is 5.91 Å². The van der Waals surface area contributed by atoms with E-state index in [0.29, 0.717) is 28.7 Å². The number of primary sulfonamides is 1. The van der Waals surface area contributed by atoms with Crippen LogP contribution in [-0.2, 0) is 10.0 Å². The molecule has 0 saturated carbocycles. The minimum Gasteiger partial charge on any atom is -0.338 e. The van der Waals surface area contributed by atoms with Crippen LogP contribution in [0.4, 0.5) is 4.39 Å². The summed E-state index contributed by atoms with van der Waals surface area (Å²) in [5.41, 5.74) is 1.37. The quantitative estimate of drug-likeness (QED) is 0.857. The van der Waals surface area contributed by atoms with Gasteiger partial charge in [0.05, 0.1) is 11.4 Å². The molecule has 3 rings (SSSR count). The lowest BCUT2D eigenvalue weighted by molar-refractivity contribution is 0.0688. The van der Waals surface area contributed by atoms with Gasteiger partial charge in [0.15, 0.2) is 0 Å². The van der Waals surface area contributed by atoms with Crippen LogP contribution >= 0.6 is 11.3 Å². The van der Waals surface area contributed by atoms with Gasteiger partial charge in [0.1, 0.15) is 15.7 Å². The Balaban J connectivity index is 1.78. The van der Waals surface area contributed by atoms with Crippen molar-refractivity contribution >= 4 is 27.3 Å². The summed E-state index contributed by atoms with van der Waals surface area (Å²) in [5, 5.41) is 5.79. The van der Waals surface area contributed by atoms with E-state index in [0.717, 1.165) is 18.4 Å². The Kier molecular flexibility index (Phi) is 5.40. The highest BCUT2D eigenvalue weighted by molar-refractivity contribution is 7.89. The lowest BCUT2D eigenvalue weighted by Crippen LogP contribution is -2.42. The number of carbonyl (C=O) groups is 1. The van der Waals surface area contributed by atoms with Crippen LogP contribution in [0, 0.1) is 18.7 Å². The fourth-order valence-corrected chi connectivity index (χ4v) is 5.14. The minimum absolute atomic E-state index is 0.112. The number of amides is 1. The normalized spacial score (nSPS) is 18.1. The summed E-state index contributed by atoms with van der Waals surface area (Å²) in [6.07, 6.45) is 1.48. The molecule has 0 aliphatic carbocycles. The predicted octanol–water partition coefficient (Wildman–Crippen LogP) is 2.40. The summed E-state index contributed by atoms with van der Waals surface area (Å²) in [7, 11) is -3.56. The molecule has 2 aromatic rings. The fraction of sp³-hybridized carbons (Fsp3) is 0.412. The minimum atomic E-state index is -3.56. The SMILES string of the molecule is Cc1nc(-c2ccc(F)cc2)sc1C(=O)N1CCC[C@H](CS(N)(=O)=O)C1. The molecular weight excluding hydrogens is 377 g/mol. The monoisotopic (exact) mass is 397 g/mol. The van der Waals surface area contributed by atoms with Crippen molar-refractivity contribution in [3.63, 3.8) is 0 Å². The first-order chi connectivity index (χ1) is 12.2. The maximum Gasteiger partial charge on any atom is 0.265 e. The van der Waals surface area contributed by atoms with Crippen LogP contribution in [0.2, 0.25) is 0 Å². The van der Waals surface area contributed by atoms with Gasteiger partial charge in [0.2, 0.25) is 10.0 Å². The van der Waals surface area contributed by atoms with E-state index in [1.807, 2.05) is 0 Å². The Morgan fingerprint density at radius 3 is 2.73 bits per heavy atom. The van der Waals surface area contributed by atoms with Gasteiger partial charge in [-0.15, -0.1) is 11.3 Å². The molecule has 6 nitrogen and oxygen atoms in total. The van der Waals surface area contributed by atoms with E-state index in [9.17, 15) is 17.6 Å². The van der Waals surface area contributed by atoms with Crippen LogP contribution in [0.5, 0.6) is 0 Å². The summed E-state index contributed by atoms with van der Waals surface area (Å²) in [6.45, 7) is 2.73. The van der Waals surface area contributed by atoms with E-state index in [4.69, 9.17) is 5.14 Å². The molecule has 1 fully saturated rings. The van der Waals surface area contributed by atoms with Gasteiger partial charge >= 0.3 is 0 Å². The Bertz CT molecular complexity index is 910. The highest BCUT2D eigenvalue weighted by Crippen LogP contribution is 2.30. The number of hydrogen-bond donors (Lipinski definition) is 1. The number of rotatable bonds is 4. The van der Waals surface area contributed by atoms with Crippen molar-refractivity contribution in [3.05, 3.63) is 40.7 Å². The van der Waals surface area contributed by atoms with Crippen LogP contribution in [-0.4, -0.2) is 43.1 Å². The van der Waals surface area contributed by atoms with Crippen molar-refractivity contribution in [1.82, 2.24) is 9.88 Å². The highest BCUT2D eigenvalue weighted by atomic mass is 32.2. The number of halogens is 1. The average Bonchev–Trinajstić information content (AvgIpc) is 2.95. The first-order valence-corrected chi connectivity index (χ1v) is 10.8. The lowest BCUT2D eigenvalue weighted by Gasteiger charge is -2.32. The van der Waals surface area contributed by atoms with Crippen LogP contribution < -0.4 is 5.14 Å². The molecule has 1 aliphatic heterocycles. The van der Waals surface area contributed by atoms with Gasteiger partial charge in [-0.25, -0.2) is 22.9 Å². The molecule has 140 valence electrons. The average molecular weight is 397 g/mol. The van der Waals surface area contributed by atoms with Gasteiger partial charge in [-0.1, -0.05) is 0 Å². The zero-order chi connectivity index (χ0) is 18.9. The van der Waals surface area contributed by atoms with E-state index in [2.05, 4.69) is 4.98 Å². The Morgan fingerprint density at radius 1 is 1.38 bits per heavy atom. The highest BCUT2D eigenvalue weighted by Gasteiger charge is 2.29. The molecule has 0 radical (unpaired) electrons. The van der Waals surface area contributed by atoms with E-state index < -0.39 is 10.0 Å². The lowest BCUT2D eigenvalue weighted by atomic mass is 10.00. The summed E-state index contributed by atoms with van der Waals surface area (Å²) >= 11 is 1.27. The number of benzene rings is 1. The Hall–Kier alpha value is -1.84. The molecule has 1 atom stereocenters. The summed E-state index contributed by atoms with van der Waals surface area (Å²) in [6, 6.07) is 5.97. The largest absolute Gasteiger partial charge is 0.338 e. The van der Waals surface area contributed by atoms with Crippen LogP contribution in [0.1, 0.15) is 28.2 Å². The third-order valence-corrected chi connectivity index (χ3v) is 6.49. The maximum absolute atomic E-state index is 13.1. The second-order valence-corrected chi connectivity index (χ2v) is 9.19. The number of sulfonamides is 1. The number of nitrogens with zero attached hydrogens (tertiary/aromatic N) is 2. The molecule has 1 aromatic heterocycles. The number of likely N-dealkylation sites (tertiary alicyclic amines) is 1. The molecule has 0 spiro atoms. The van der Waals surface area contributed by atoms with Crippen LogP contribution in [0.3, 0.4) is 0 Å². The number of piperidine rings is 1. The molecule has 9 heteroatoms. The smallest absolute Gasteiger partial charge is 0.265 e. The topological polar surface area (TPSA) is 93.4 Å². The second kappa shape index (κ2) is 7.42. The molecule has 1 amide bonds. The predicted molar refractivity (Wildman–Crippen MR) is 98.8 cm³/mol. The van der Waals surface area contributed by atoms with Crippen molar-refractivity contribution in [2.45, 2.75) is 19.8 Å². The van der Waals surface area contributed by atoms with Gasteiger partial charge < -0.3 is 4.90 Å². The number of aromatic nitrogens is 1. The number of nitrogens with two attached hydrogens (primary N) is 1. The summed E-state index contributed by atoms with van der Waals surface area (Å²) < 4.78 is 35.7. The van der Waals surface area contributed by atoms with E-state index in [-0.39, 0.29) is 23.4 Å². The van der Waals surface area contributed by atoms with Crippen molar-refractivity contribution < 1.29 is 17.6 Å². The number of hydrogen-bond acceptors (Lipinski definition) is 5. The van der Waals surface area contributed by atoms with Crippen LogP contribution in [0.15, 0.2) is 24.3 Å². The van der Waals surface area contributed by atoms with Crippen molar-refractivity contribution in [2.75, 3.05) is 18.8 Å². The zero-order valence-electron chi connectivity index (χ0n) is 14.3. The first kappa shape index (κ1) is 18.9. The molecular formula is C17H20FN3O3S2. The molecule has 2 N–H and O–H groups in total. The molecule has 0 unspecified atom stereocenters. The van der Waals surface area contributed by atoms with Gasteiger partial charge in [-0.2, -0.15) is 0 Å². The zero-order valence-corrected chi connectivity index (χ0v) is 15.9. The summed E-state index contributed by atoms with van der Waals surface area (Å²) in [4.78, 5) is 19.5. The molecule has 1 saturated heterocycles. The third kappa shape index (κ3) is 4.46. The van der Waals surface area contributed by atoms with Crippen molar-refractivity contribution in [2.24, 2.45) is 11.1 Å². The fourth-order valence-electron chi connectivity index (χ4n) is 3.17. The second-order valence-electron chi connectivity index (χ2n) is 6.53. The Morgan fingerprint density at radius 2 is 2.08 bits per heavy atom. The standard InChI is InChI=1S/C17H20FN3O3S2/c1-11-15(25-16(20-11)13-4-6-14(18)7-5-13)17(22)21-8-2-3-12(9-21)10-26(19,23)24/h4-7,12H,2-3,8-10H2,1H3,(H2,19,23,24)/t12-/m0/s1. The number of carbonyl (C=O) groups excluding carboxylic acids is 1. The molecule has 1 aromatic carbocycles. The summed E-state index contributed by atoms with van der Waals surface area (Å²) in [5.74, 6) is -0.730. The van der Waals surface area contributed by atoms with Crippen LogP contribution in [0.25, 0.3) is 10.6 Å². The molecule has 2 heterocycles. The van der Waals surface area contributed by atoms with Crippen molar-refractivity contribution in [1.29, 1.82) is 0 Å².